The van der Waals surface area contributed by atoms with Gasteiger partial charge in [0.05, 0.1) is 7.11 Å². The molecule has 0 amide bonds. The van der Waals surface area contributed by atoms with E-state index < -0.39 is 0 Å². The van der Waals surface area contributed by atoms with E-state index in [1.165, 1.54) is 12.5 Å². The molecule has 2 aromatic carbocycles. The van der Waals surface area contributed by atoms with E-state index in [1.807, 2.05) is 30.3 Å². The first-order valence-electron chi connectivity index (χ1n) is 8.69. The summed E-state index contributed by atoms with van der Waals surface area (Å²) in [6.45, 7) is 1.02. The van der Waals surface area contributed by atoms with Crippen molar-refractivity contribution in [1.82, 2.24) is 4.90 Å². The molecule has 1 fully saturated rings. The Morgan fingerprint density at radius 3 is 2.88 bits per heavy atom. The van der Waals surface area contributed by atoms with Crippen LogP contribution in [0.3, 0.4) is 0 Å². The number of hydrogen-bond acceptors (Lipinski definition) is 3. The summed E-state index contributed by atoms with van der Waals surface area (Å²) < 4.78 is 19.1. The Bertz CT molecular complexity index is 843. The Morgan fingerprint density at radius 1 is 1.16 bits per heavy atom. The van der Waals surface area contributed by atoms with Crippen LogP contribution in [-0.2, 0) is 0 Å². The molecule has 0 aliphatic carbocycles. The molecule has 2 heterocycles. The number of hydrogen-bond donors (Lipinski definition) is 0. The van der Waals surface area contributed by atoms with Gasteiger partial charge in [0.25, 0.3) is 0 Å². The maximum atomic E-state index is 13.7. The summed E-state index contributed by atoms with van der Waals surface area (Å²) in [6, 6.07) is 15.0. The molecule has 128 valence electrons. The summed E-state index contributed by atoms with van der Waals surface area (Å²) in [5, 5.41) is 0. The third kappa shape index (κ3) is 3.16. The highest BCUT2D eigenvalue weighted by Gasteiger charge is 2.31. The van der Waals surface area contributed by atoms with Crippen molar-refractivity contribution in [2.75, 3.05) is 13.7 Å². The summed E-state index contributed by atoms with van der Waals surface area (Å²) >= 11 is 0. The third-order valence-electron chi connectivity index (χ3n) is 4.90. The van der Waals surface area contributed by atoms with Crippen molar-refractivity contribution < 1.29 is 9.13 Å². The summed E-state index contributed by atoms with van der Waals surface area (Å²) in [7, 11) is 1.66. The second-order valence-corrected chi connectivity index (χ2v) is 6.51. The Hall–Kier alpha value is -2.62. The predicted molar refractivity (Wildman–Crippen MR) is 98.8 cm³/mol. The number of methoxy groups -OCH3 is 1. The third-order valence-corrected chi connectivity index (χ3v) is 4.90. The van der Waals surface area contributed by atoms with Crippen molar-refractivity contribution >= 4 is 17.1 Å². The van der Waals surface area contributed by atoms with Crippen LogP contribution in [0.5, 0.6) is 5.75 Å². The average Bonchev–Trinajstić information content (AvgIpc) is 3.10. The van der Waals surface area contributed by atoms with Crippen molar-refractivity contribution in [1.29, 1.82) is 0 Å². The zero-order valence-electron chi connectivity index (χ0n) is 14.3. The van der Waals surface area contributed by atoms with Gasteiger partial charge < -0.3 is 9.64 Å². The standard InChI is InChI=1S/C21H21FN2O/c1-25-21-10-3-2-9-19(21)23-17-13-18-8-5-11-24(18)20(14-17)15-6-4-7-16(22)12-15/h2-4,6-7,9-10,12,14,18H,5,8,11,13H2,1H3/t18-/m1/s1. The molecule has 2 aromatic rings. The maximum Gasteiger partial charge on any atom is 0.144 e. The molecule has 0 spiro atoms. The number of ether oxygens (including phenoxy) is 1. The number of benzene rings is 2. The number of nitrogens with zero attached hydrogens (tertiary/aromatic N) is 2. The minimum atomic E-state index is -0.206. The number of para-hydroxylation sites is 2. The van der Waals surface area contributed by atoms with Gasteiger partial charge in [-0.3, -0.25) is 0 Å². The van der Waals surface area contributed by atoms with Crippen molar-refractivity contribution in [2.24, 2.45) is 4.99 Å². The molecule has 3 nitrogen and oxygen atoms in total. The van der Waals surface area contributed by atoms with Gasteiger partial charge in [-0.2, -0.15) is 0 Å². The molecule has 0 saturated carbocycles. The highest BCUT2D eigenvalue weighted by Crippen LogP contribution is 2.36. The molecule has 1 saturated heterocycles. The van der Waals surface area contributed by atoms with Gasteiger partial charge >= 0.3 is 0 Å². The van der Waals surface area contributed by atoms with Crippen LogP contribution in [0.4, 0.5) is 10.1 Å². The molecule has 4 rings (SSSR count). The van der Waals surface area contributed by atoms with E-state index in [-0.39, 0.29) is 5.82 Å². The Morgan fingerprint density at radius 2 is 2.04 bits per heavy atom. The number of rotatable bonds is 3. The molecule has 1 atom stereocenters. The minimum absolute atomic E-state index is 0.206. The molecule has 0 N–H and O–H groups in total. The monoisotopic (exact) mass is 336 g/mol. The summed E-state index contributed by atoms with van der Waals surface area (Å²) in [6.07, 6.45) is 5.33. The van der Waals surface area contributed by atoms with Crippen LogP contribution in [0.15, 0.2) is 59.6 Å². The molecule has 2 aliphatic rings. The van der Waals surface area contributed by atoms with E-state index in [2.05, 4.69) is 11.0 Å². The largest absolute Gasteiger partial charge is 0.494 e. The number of allylic oxidation sites excluding steroid dienone is 1. The van der Waals surface area contributed by atoms with E-state index >= 15 is 0 Å². The first-order chi connectivity index (χ1) is 12.2. The molecule has 0 unspecified atom stereocenters. The SMILES string of the molecule is COc1ccccc1N=C1C=C(c2cccc(F)c2)N2CCC[C@@H]2C1. The zero-order valence-corrected chi connectivity index (χ0v) is 14.3. The van der Waals surface area contributed by atoms with Gasteiger partial charge in [0.1, 0.15) is 17.3 Å². The summed E-state index contributed by atoms with van der Waals surface area (Å²) in [4.78, 5) is 7.24. The molecule has 0 bridgehead atoms. The second kappa shape index (κ2) is 6.71. The highest BCUT2D eigenvalue weighted by molar-refractivity contribution is 6.04. The van der Waals surface area contributed by atoms with E-state index in [4.69, 9.17) is 9.73 Å². The number of aliphatic imine (C=N–C) groups is 1. The molecule has 0 radical (unpaired) electrons. The van der Waals surface area contributed by atoms with Crippen LogP contribution in [0.25, 0.3) is 5.70 Å². The van der Waals surface area contributed by atoms with Gasteiger partial charge in [-0.25, -0.2) is 9.38 Å². The van der Waals surface area contributed by atoms with E-state index in [0.717, 1.165) is 47.8 Å². The Balaban J connectivity index is 1.77. The van der Waals surface area contributed by atoms with Gasteiger partial charge in [0.15, 0.2) is 0 Å². The molecular formula is C21H21FN2O. The number of halogens is 1. The second-order valence-electron chi connectivity index (χ2n) is 6.51. The van der Waals surface area contributed by atoms with Crippen molar-refractivity contribution in [2.45, 2.75) is 25.3 Å². The van der Waals surface area contributed by atoms with E-state index in [0.29, 0.717) is 6.04 Å². The van der Waals surface area contributed by atoms with Gasteiger partial charge in [-0.15, -0.1) is 0 Å². The molecule has 0 aromatic heterocycles. The normalized spacial score (nSPS) is 21.2. The topological polar surface area (TPSA) is 24.8 Å². The summed E-state index contributed by atoms with van der Waals surface area (Å²) in [5.74, 6) is 0.562. The lowest BCUT2D eigenvalue weighted by Crippen LogP contribution is -2.33. The van der Waals surface area contributed by atoms with Crippen LogP contribution in [0, 0.1) is 5.82 Å². The zero-order chi connectivity index (χ0) is 17.2. The maximum absolute atomic E-state index is 13.7. The Labute approximate surface area is 147 Å². The predicted octanol–water partition coefficient (Wildman–Crippen LogP) is 4.82. The van der Waals surface area contributed by atoms with Crippen molar-refractivity contribution in [3.8, 4) is 5.75 Å². The number of fused-ring (bicyclic) bond motifs is 1. The summed E-state index contributed by atoms with van der Waals surface area (Å²) in [5.41, 5.74) is 3.84. The Kier molecular flexibility index (Phi) is 4.26. The van der Waals surface area contributed by atoms with Crippen LogP contribution >= 0.6 is 0 Å². The first kappa shape index (κ1) is 15.9. The molecule has 4 heteroatoms. The lowest BCUT2D eigenvalue weighted by Gasteiger charge is -2.33. The van der Waals surface area contributed by atoms with Crippen molar-refractivity contribution in [3.05, 3.63) is 66.0 Å². The van der Waals surface area contributed by atoms with Crippen LogP contribution < -0.4 is 4.74 Å². The molecule has 25 heavy (non-hydrogen) atoms. The van der Waals surface area contributed by atoms with Gasteiger partial charge in [-0.05, 0) is 43.2 Å². The minimum Gasteiger partial charge on any atom is -0.494 e. The van der Waals surface area contributed by atoms with Crippen molar-refractivity contribution in [3.63, 3.8) is 0 Å². The van der Waals surface area contributed by atoms with E-state index in [1.54, 1.807) is 19.2 Å². The smallest absolute Gasteiger partial charge is 0.144 e. The van der Waals surface area contributed by atoms with Gasteiger partial charge in [-0.1, -0.05) is 24.3 Å². The van der Waals surface area contributed by atoms with Crippen LogP contribution in [0.2, 0.25) is 0 Å². The fourth-order valence-corrected chi connectivity index (χ4v) is 3.76. The van der Waals surface area contributed by atoms with Crippen LogP contribution in [-0.4, -0.2) is 30.3 Å². The van der Waals surface area contributed by atoms with Gasteiger partial charge in [0.2, 0.25) is 0 Å². The lowest BCUT2D eigenvalue weighted by molar-refractivity contribution is 0.372. The fraction of sp³-hybridized carbons (Fsp3) is 0.286. The highest BCUT2D eigenvalue weighted by atomic mass is 19.1. The molecular weight excluding hydrogens is 315 g/mol. The van der Waals surface area contributed by atoms with Gasteiger partial charge in [0, 0.05) is 36.0 Å². The lowest BCUT2D eigenvalue weighted by atomic mass is 9.98. The quantitative estimate of drug-likeness (QED) is 0.803. The van der Waals surface area contributed by atoms with E-state index in [9.17, 15) is 4.39 Å². The average molecular weight is 336 g/mol. The molecule has 2 aliphatic heterocycles. The van der Waals surface area contributed by atoms with Crippen LogP contribution in [0.1, 0.15) is 24.8 Å². The first-order valence-corrected chi connectivity index (χ1v) is 8.69. The fourth-order valence-electron chi connectivity index (χ4n) is 3.76.